The number of ether oxygens (including phenoxy) is 1. The van der Waals surface area contributed by atoms with Crippen LogP contribution >= 0.6 is 0 Å². The second kappa shape index (κ2) is 9.83. The predicted molar refractivity (Wildman–Crippen MR) is 149 cm³/mol. The van der Waals surface area contributed by atoms with Gasteiger partial charge < -0.3 is 25.8 Å². The quantitative estimate of drug-likeness (QED) is 0.366. The van der Waals surface area contributed by atoms with Gasteiger partial charge in [-0.15, -0.1) is 18.3 Å². The van der Waals surface area contributed by atoms with Crippen LogP contribution in [0.15, 0.2) is 24.4 Å². The number of benzene rings is 1. The number of carbonyl (C=O) groups excluding carboxylic acids is 2. The Hall–Kier alpha value is -3.87. The first-order chi connectivity index (χ1) is 20.4. The summed E-state index contributed by atoms with van der Waals surface area (Å²) in [5.74, 6) is -0.916. The van der Waals surface area contributed by atoms with E-state index in [1.165, 1.54) is 16.8 Å². The fraction of sp³-hybridized carbons (Fsp3) is 0.533. The van der Waals surface area contributed by atoms with Crippen molar-refractivity contribution in [3.05, 3.63) is 41.1 Å². The van der Waals surface area contributed by atoms with Crippen molar-refractivity contribution in [2.45, 2.75) is 88.9 Å². The van der Waals surface area contributed by atoms with Crippen LogP contribution in [0.4, 0.5) is 19.0 Å². The molecule has 13 heteroatoms. The van der Waals surface area contributed by atoms with E-state index in [0.717, 1.165) is 51.4 Å². The molecular formula is C30H33F3N6O4. The Labute approximate surface area is 245 Å². The zero-order valence-corrected chi connectivity index (χ0v) is 23.7. The van der Waals surface area contributed by atoms with E-state index >= 15 is 0 Å². The molecule has 3 aromatic rings. The van der Waals surface area contributed by atoms with E-state index in [0.29, 0.717) is 17.0 Å². The minimum Gasteiger partial charge on any atom is -0.405 e. The Morgan fingerprint density at radius 2 is 1.91 bits per heavy atom. The number of amides is 2. The van der Waals surface area contributed by atoms with Crippen molar-refractivity contribution in [2.75, 3.05) is 5.73 Å². The third-order valence-corrected chi connectivity index (χ3v) is 9.64. The molecule has 228 valence electrons. The molecule has 2 amide bonds. The van der Waals surface area contributed by atoms with Gasteiger partial charge in [-0.25, -0.2) is 9.50 Å². The molecule has 2 aromatic heterocycles. The SMILES string of the molecule is C[C@@H](C1CC1)N1Cc2cc(-c3ccn4nc(N)c(C(=O)NC5CCC(C6(O)CC6)CC5)c4n3)cc(OC(F)(F)F)c2C1=O. The lowest BCUT2D eigenvalue weighted by Gasteiger charge is -2.32. The molecule has 3 heterocycles. The number of halogens is 3. The van der Waals surface area contributed by atoms with Crippen molar-refractivity contribution in [1.82, 2.24) is 24.8 Å². The second-order valence-electron chi connectivity index (χ2n) is 12.5. The average Bonchev–Trinajstić information content (AvgIpc) is 3.87. The first-order valence-corrected chi connectivity index (χ1v) is 14.8. The summed E-state index contributed by atoms with van der Waals surface area (Å²) in [5, 5.41) is 17.7. The summed E-state index contributed by atoms with van der Waals surface area (Å²) in [4.78, 5) is 32.8. The fourth-order valence-corrected chi connectivity index (χ4v) is 6.85. The first kappa shape index (κ1) is 27.9. The van der Waals surface area contributed by atoms with Gasteiger partial charge in [0.1, 0.15) is 11.3 Å². The highest BCUT2D eigenvalue weighted by Gasteiger charge is 2.48. The molecule has 0 saturated heterocycles. The maximum atomic E-state index is 13.4. The highest BCUT2D eigenvalue weighted by molar-refractivity contribution is 6.05. The van der Waals surface area contributed by atoms with E-state index in [4.69, 9.17) is 5.73 Å². The van der Waals surface area contributed by atoms with Gasteiger partial charge in [0.15, 0.2) is 11.5 Å². The summed E-state index contributed by atoms with van der Waals surface area (Å²) in [6, 6.07) is 4.20. The number of aromatic nitrogens is 3. The maximum Gasteiger partial charge on any atom is 0.573 e. The van der Waals surface area contributed by atoms with Crippen molar-refractivity contribution in [2.24, 2.45) is 11.8 Å². The number of nitrogens with zero attached hydrogens (tertiary/aromatic N) is 4. The number of aliphatic hydroxyl groups is 1. The van der Waals surface area contributed by atoms with E-state index in [1.54, 1.807) is 17.0 Å². The zero-order chi connectivity index (χ0) is 30.3. The minimum atomic E-state index is -5.00. The summed E-state index contributed by atoms with van der Waals surface area (Å²) in [7, 11) is 0. The number of hydrogen-bond donors (Lipinski definition) is 3. The normalized spacial score (nSPS) is 23.7. The van der Waals surface area contributed by atoms with Gasteiger partial charge in [0, 0.05) is 30.4 Å². The molecular weight excluding hydrogens is 565 g/mol. The predicted octanol–water partition coefficient (Wildman–Crippen LogP) is 4.44. The number of hydrogen-bond acceptors (Lipinski definition) is 7. The number of carbonyl (C=O) groups is 2. The monoisotopic (exact) mass is 598 g/mol. The Balaban J connectivity index is 1.19. The molecule has 0 spiro atoms. The molecule has 3 saturated carbocycles. The lowest BCUT2D eigenvalue weighted by molar-refractivity contribution is -0.274. The highest BCUT2D eigenvalue weighted by Crippen LogP contribution is 2.48. The van der Waals surface area contributed by atoms with Gasteiger partial charge in [-0.3, -0.25) is 9.59 Å². The third kappa shape index (κ3) is 5.17. The summed E-state index contributed by atoms with van der Waals surface area (Å²) in [6.45, 7) is 2.09. The Bertz CT molecular complexity index is 1620. The molecule has 3 aliphatic carbocycles. The van der Waals surface area contributed by atoms with Gasteiger partial charge in [-0.1, -0.05) is 0 Å². The molecule has 10 nitrogen and oxygen atoms in total. The molecule has 0 unspecified atom stereocenters. The van der Waals surface area contributed by atoms with Crippen molar-refractivity contribution in [3.8, 4) is 17.0 Å². The molecule has 1 aliphatic heterocycles. The van der Waals surface area contributed by atoms with Gasteiger partial charge in [-0.05, 0) is 93.9 Å². The number of nitrogen functional groups attached to an aromatic ring is 1. The highest BCUT2D eigenvalue weighted by atomic mass is 19.4. The summed E-state index contributed by atoms with van der Waals surface area (Å²) >= 11 is 0. The molecule has 4 aliphatic rings. The van der Waals surface area contributed by atoms with Crippen LogP contribution in [0, 0.1) is 11.8 Å². The molecule has 1 atom stereocenters. The molecule has 0 bridgehead atoms. The molecule has 1 aromatic carbocycles. The number of fused-ring (bicyclic) bond motifs is 2. The number of nitrogens with two attached hydrogens (primary N) is 1. The van der Waals surface area contributed by atoms with Crippen molar-refractivity contribution in [1.29, 1.82) is 0 Å². The van der Waals surface area contributed by atoms with Gasteiger partial charge in [-0.2, -0.15) is 0 Å². The van der Waals surface area contributed by atoms with E-state index in [-0.39, 0.29) is 52.8 Å². The second-order valence-corrected chi connectivity index (χ2v) is 12.5. The summed E-state index contributed by atoms with van der Waals surface area (Å²) < 4.78 is 46.1. The fourth-order valence-electron chi connectivity index (χ4n) is 6.85. The summed E-state index contributed by atoms with van der Waals surface area (Å²) in [6.07, 6.45) is 3.31. The summed E-state index contributed by atoms with van der Waals surface area (Å²) in [5.41, 5.74) is 6.75. The van der Waals surface area contributed by atoms with Crippen LogP contribution in [-0.4, -0.2) is 60.5 Å². The first-order valence-electron chi connectivity index (χ1n) is 14.8. The Morgan fingerprint density at radius 3 is 2.56 bits per heavy atom. The van der Waals surface area contributed by atoms with Crippen LogP contribution in [0.5, 0.6) is 5.75 Å². The van der Waals surface area contributed by atoms with Gasteiger partial charge in [0.2, 0.25) is 0 Å². The van der Waals surface area contributed by atoms with Crippen molar-refractivity contribution >= 4 is 23.3 Å². The largest absolute Gasteiger partial charge is 0.573 e. The maximum absolute atomic E-state index is 13.4. The number of rotatable bonds is 7. The van der Waals surface area contributed by atoms with Crippen LogP contribution in [0.2, 0.25) is 0 Å². The number of alkyl halides is 3. The van der Waals surface area contributed by atoms with Crippen molar-refractivity contribution in [3.63, 3.8) is 0 Å². The average molecular weight is 599 g/mol. The van der Waals surface area contributed by atoms with E-state index in [2.05, 4.69) is 20.1 Å². The van der Waals surface area contributed by atoms with Crippen molar-refractivity contribution < 1.29 is 32.6 Å². The Kier molecular flexibility index (Phi) is 6.39. The lowest BCUT2D eigenvalue weighted by Crippen LogP contribution is -2.40. The standard InChI is InChI=1S/C30H33F3N6O4/c1-15(16-2-3-16)38-14-18-12-17(13-22(23(18)28(38)41)43-30(31,32)33)21-8-11-39-26(36-21)24(25(34)37-39)27(40)35-20-6-4-19(5-7-20)29(42)9-10-29/h8,11-13,15-16,19-20,42H,2-7,9-10,14H2,1H3,(H2,34,37)(H,35,40)/t15-,19?,20?/m0/s1. The topological polar surface area (TPSA) is 135 Å². The molecule has 0 radical (unpaired) electrons. The minimum absolute atomic E-state index is 0.0199. The lowest BCUT2D eigenvalue weighted by atomic mass is 9.81. The number of anilines is 1. The van der Waals surface area contributed by atoms with Gasteiger partial charge in [0.25, 0.3) is 11.8 Å². The zero-order valence-electron chi connectivity index (χ0n) is 23.7. The van der Waals surface area contributed by atoms with Gasteiger partial charge in [0.05, 0.1) is 16.9 Å². The van der Waals surface area contributed by atoms with E-state index in [9.17, 15) is 27.9 Å². The number of nitrogens with one attached hydrogen (secondary N) is 1. The van der Waals surface area contributed by atoms with E-state index < -0.39 is 29.5 Å². The van der Waals surface area contributed by atoms with Crippen LogP contribution in [0.1, 0.15) is 84.6 Å². The van der Waals surface area contributed by atoms with Gasteiger partial charge >= 0.3 is 6.36 Å². The van der Waals surface area contributed by atoms with E-state index in [1.807, 2.05) is 6.92 Å². The molecule has 43 heavy (non-hydrogen) atoms. The third-order valence-electron chi connectivity index (χ3n) is 9.64. The molecule has 4 N–H and O–H groups in total. The van der Waals surface area contributed by atoms with Crippen LogP contribution in [-0.2, 0) is 6.54 Å². The van der Waals surface area contributed by atoms with Crippen LogP contribution in [0.3, 0.4) is 0 Å². The smallest absolute Gasteiger partial charge is 0.405 e. The van der Waals surface area contributed by atoms with Crippen LogP contribution in [0.25, 0.3) is 16.9 Å². The van der Waals surface area contributed by atoms with Crippen LogP contribution < -0.4 is 15.8 Å². The molecule has 3 fully saturated rings. The molecule has 7 rings (SSSR count). The Morgan fingerprint density at radius 1 is 1.19 bits per heavy atom.